The molecular formula is C29H44ClN5O4SSi2. The molecule has 0 spiro atoms. The highest BCUT2D eigenvalue weighted by molar-refractivity contribution is 8.00. The average molecular weight is 650 g/mol. The fourth-order valence-corrected chi connectivity index (χ4v) is 8.80. The molecule has 1 aliphatic heterocycles. The summed E-state index contributed by atoms with van der Waals surface area (Å²) in [5.74, 6) is -0.149. The molecular weight excluding hydrogens is 606 g/mol. The van der Waals surface area contributed by atoms with Gasteiger partial charge in [-0.05, 0) is 60.0 Å². The molecule has 42 heavy (non-hydrogen) atoms. The van der Waals surface area contributed by atoms with Gasteiger partial charge in [-0.1, -0.05) is 59.7 Å². The lowest BCUT2D eigenvalue weighted by molar-refractivity contribution is 0.0163. The van der Waals surface area contributed by atoms with E-state index >= 15 is 0 Å². The van der Waals surface area contributed by atoms with Crippen molar-refractivity contribution in [3.8, 4) is 0 Å². The number of esters is 1. The van der Waals surface area contributed by atoms with Crippen molar-refractivity contribution in [2.24, 2.45) is 0 Å². The molecule has 1 aliphatic rings. The SMILES string of the molecule is CC(C)(C)[Si](C)(C)OC1C(COC(=O)c2ccccc2)SC(n2cnc3c(N)nc(Cl)nc32)C1O[Si](C)(C)C(C)(C)C. The van der Waals surface area contributed by atoms with E-state index in [0.717, 1.165) is 0 Å². The second-order valence-corrected chi connectivity index (χ2v) is 25.1. The van der Waals surface area contributed by atoms with Gasteiger partial charge in [0.2, 0.25) is 5.28 Å². The summed E-state index contributed by atoms with van der Waals surface area (Å²) < 4.78 is 22.3. The smallest absolute Gasteiger partial charge is 0.338 e. The Bertz CT molecular complexity index is 1430. The summed E-state index contributed by atoms with van der Waals surface area (Å²) in [6.45, 7) is 22.4. The van der Waals surface area contributed by atoms with Crippen LogP contribution in [0, 0.1) is 0 Å². The van der Waals surface area contributed by atoms with Crippen LogP contribution in [0.25, 0.3) is 11.2 Å². The molecule has 13 heteroatoms. The quantitative estimate of drug-likeness (QED) is 0.152. The van der Waals surface area contributed by atoms with Gasteiger partial charge in [0.15, 0.2) is 28.1 Å². The molecule has 0 radical (unpaired) electrons. The highest BCUT2D eigenvalue weighted by atomic mass is 35.5. The van der Waals surface area contributed by atoms with Crippen molar-refractivity contribution in [2.75, 3.05) is 12.3 Å². The highest BCUT2D eigenvalue weighted by Crippen LogP contribution is 2.51. The second kappa shape index (κ2) is 11.8. The zero-order valence-electron chi connectivity index (χ0n) is 26.3. The molecule has 1 saturated heterocycles. The third kappa shape index (κ3) is 6.73. The number of benzene rings is 1. The number of nitrogen functional groups attached to an aromatic ring is 1. The van der Waals surface area contributed by atoms with E-state index in [1.54, 1.807) is 30.2 Å². The van der Waals surface area contributed by atoms with Crippen molar-refractivity contribution in [3.05, 3.63) is 47.5 Å². The molecule has 3 heterocycles. The van der Waals surface area contributed by atoms with E-state index in [1.165, 1.54) is 0 Å². The summed E-state index contributed by atoms with van der Waals surface area (Å²) in [4.78, 5) is 26.1. The van der Waals surface area contributed by atoms with Crippen LogP contribution in [0.4, 0.5) is 5.82 Å². The lowest BCUT2D eigenvalue weighted by Crippen LogP contribution is -2.54. The molecule has 0 saturated carbocycles. The summed E-state index contributed by atoms with van der Waals surface area (Å²) in [5.41, 5.74) is 7.68. The summed E-state index contributed by atoms with van der Waals surface area (Å²) in [6, 6.07) is 9.04. The van der Waals surface area contributed by atoms with E-state index in [1.807, 2.05) is 22.8 Å². The predicted molar refractivity (Wildman–Crippen MR) is 176 cm³/mol. The van der Waals surface area contributed by atoms with Crippen molar-refractivity contribution >= 4 is 62.9 Å². The van der Waals surface area contributed by atoms with E-state index in [2.05, 4.69) is 82.7 Å². The Balaban J connectivity index is 1.80. The van der Waals surface area contributed by atoms with Crippen molar-refractivity contribution < 1.29 is 18.4 Å². The average Bonchev–Trinajstić information content (AvgIpc) is 3.42. The fraction of sp³-hybridized carbons (Fsp3) is 0.586. The minimum atomic E-state index is -2.31. The zero-order valence-corrected chi connectivity index (χ0v) is 29.8. The molecule has 3 aromatic rings. The van der Waals surface area contributed by atoms with E-state index < -0.39 is 16.6 Å². The number of nitrogens with two attached hydrogens (primary N) is 1. The van der Waals surface area contributed by atoms with Crippen molar-refractivity contribution in [3.63, 3.8) is 0 Å². The number of nitrogens with zero attached hydrogens (tertiary/aromatic N) is 4. The van der Waals surface area contributed by atoms with Crippen LogP contribution >= 0.6 is 23.4 Å². The molecule has 0 amide bonds. The normalized spacial score (nSPS) is 22.1. The minimum absolute atomic E-state index is 0.0422. The van der Waals surface area contributed by atoms with Crippen LogP contribution in [0.5, 0.6) is 0 Å². The maximum absolute atomic E-state index is 13.0. The van der Waals surface area contributed by atoms with Crippen LogP contribution in [-0.2, 0) is 13.6 Å². The summed E-state index contributed by atoms with van der Waals surface area (Å²) in [5, 5.41) is -0.536. The van der Waals surface area contributed by atoms with Gasteiger partial charge < -0.3 is 19.3 Å². The van der Waals surface area contributed by atoms with Gasteiger partial charge in [0.1, 0.15) is 23.6 Å². The third-order valence-electron chi connectivity index (χ3n) is 8.84. The number of hydrogen-bond acceptors (Lipinski definition) is 9. The van der Waals surface area contributed by atoms with Crippen molar-refractivity contribution in [1.29, 1.82) is 0 Å². The van der Waals surface area contributed by atoms with Gasteiger partial charge in [0, 0.05) is 0 Å². The predicted octanol–water partition coefficient (Wildman–Crippen LogP) is 7.31. The number of thioether (sulfide) groups is 1. The van der Waals surface area contributed by atoms with Gasteiger partial charge in [-0.25, -0.2) is 9.78 Å². The number of anilines is 1. The van der Waals surface area contributed by atoms with E-state index in [9.17, 15) is 4.79 Å². The van der Waals surface area contributed by atoms with Gasteiger partial charge in [-0.2, -0.15) is 9.97 Å². The number of hydrogen-bond donors (Lipinski definition) is 1. The Morgan fingerprint density at radius 2 is 1.55 bits per heavy atom. The number of aromatic nitrogens is 4. The number of halogens is 1. The number of carbonyl (C=O) groups excluding carboxylic acids is 1. The van der Waals surface area contributed by atoms with Crippen molar-refractivity contribution in [1.82, 2.24) is 19.5 Å². The minimum Gasteiger partial charge on any atom is -0.461 e. The Kier molecular flexibility index (Phi) is 9.29. The van der Waals surface area contributed by atoms with Crippen LogP contribution in [0.15, 0.2) is 36.7 Å². The maximum Gasteiger partial charge on any atom is 0.338 e. The highest BCUT2D eigenvalue weighted by Gasteiger charge is 2.54. The zero-order chi connectivity index (χ0) is 31.3. The topological polar surface area (TPSA) is 114 Å². The van der Waals surface area contributed by atoms with Crippen LogP contribution in [0.3, 0.4) is 0 Å². The summed E-state index contributed by atoms with van der Waals surface area (Å²) in [7, 11) is -4.60. The number of ether oxygens (including phenoxy) is 1. The number of fused-ring (bicyclic) bond motifs is 1. The molecule has 4 unspecified atom stereocenters. The monoisotopic (exact) mass is 649 g/mol. The molecule has 2 N–H and O–H groups in total. The van der Waals surface area contributed by atoms with Gasteiger partial charge in [0.25, 0.3) is 0 Å². The molecule has 4 rings (SSSR count). The maximum atomic E-state index is 13.0. The first-order valence-corrected chi connectivity index (χ1v) is 21.3. The van der Waals surface area contributed by atoms with Crippen LogP contribution in [0.1, 0.15) is 57.3 Å². The summed E-state index contributed by atoms with van der Waals surface area (Å²) in [6.07, 6.45) is 0.983. The van der Waals surface area contributed by atoms with Crippen molar-refractivity contribution in [2.45, 2.75) is 101 Å². The Morgan fingerprint density at radius 1 is 0.976 bits per heavy atom. The lowest BCUT2D eigenvalue weighted by atomic mass is 10.1. The number of carbonyl (C=O) groups is 1. The third-order valence-corrected chi connectivity index (χ3v) is 19.5. The molecule has 2 aromatic heterocycles. The fourth-order valence-electron chi connectivity index (χ4n) is 4.28. The van der Waals surface area contributed by atoms with Crippen LogP contribution in [-0.4, -0.2) is 66.2 Å². The van der Waals surface area contributed by atoms with E-state index in [4.69, 9.17) is 30.9 Å². The molecule has 230 valence electrons. The molecule has 1 fully saturated rings. The largest absolute Gasteiger partial charge is 0.461 e. The molecule has 0 bridgehead atoms. The Labute approximate surface area is 260 Å². The van der Waals surface area contributed by atoms with E-state index in [-0.39, 0.29) is 56.6 Å². The number of imidazole rings is 1. The van der Waals surface area contributed by atoms with Gasteiger partial charge in [0.05, 0.1) is 23.2 Å². The van der Waals surface area contributed by atoms with Crippen LogP contribution in [0.2, 0.25) is 41.5 Å². The lowest BCUT2D eigenvalue weighted by Gasteiger charge is -2.44. The first-order valence-electron chi connectivity index (χ1n) is 14.2. The van der Waals surface area contributed by atoms with Gasteiger partial charge in [-0.15, -0.1) is 11.8 Å². The molecule has 4 atom stereocenters. The molecule has 0 aliphatic carbocycles. The van der Waals surface area contributed by atoms with E-state index in [0.29, 0.717) is 16.7 Å². The molecule has 9 nitrogen and oxygen atoms in total. The number of rotatable bonds is 8. The van der Waals surface area contributed by atoms with Gasteiger partial charge >= 0.3 is 5.97 Å². The van der Waals surface area contributed by atoms with Gasteiger partial charge in [-0.3, -0.25) is 4.57 Å². The Morgan fingerprint density at radius 3 is 2.12 bits per heavy atom. The molecule has 1 aromatic carbocycles. The first kappa shape index (κ1) is 32.9. The van der Waals surface area contributed by atoms with Crippen LogP contribution < -0.4 is 5.73 Å². The standard InChI is InChI=1S/C29H44ClN5O4SSi2/c1-28(2,3)41(7,8)38-21-19(16-37-26(36)18-14-12-11-13-15-18)40-25(22(21)39-42(9,10)29(4,5)6)35-17-32-20-23(31)33-27(30)34-24(20)35/h11-15,17,19,21-22,25H,16H2,1-10H3,(H2,31,33,34). The Hall–Kier alpha value is -1.97. The summed E-state index contributed by atoms with van der Waals surface area (Å²) >= 11 is 7.90. The second-order valence-electron chi connectivity index (χ2n) is 13.9. The first-order chi connectivity index (χ1) is 19.3.